The molecule has 0 saturated heterocycles. The number of nitrogen functional groups attached to an aromatic ring is 1. The summed E-state index contributed by atoms with van der Waals surface area (Å²) in [6.07, 6.45) is 2.26. The van der Waals surface area contributed by atoms with Gasteiger partial charge in [-0.2, -0.15) is 0 Å². The van der Waals surface area contributed by atoms with Gasteiger partial charge in [0.2, 0.25) is 0 Å². The molecule has 7 nitrogen and oxygen atoms in total. The Labute approximate surface area is 143 Å². The van der Waals surface area contributed by atoms with Crippen LogP contribution in [0.1, 0.15) is 11.1 Å². The lowest BCUT2D eigenvalue weighted by molar-refractivity contribution is -0.385. The number of nitro groups is 1. The fourth-order valence-electron chi connectivity index (χ4n) is 1.97. The van der Waals surface area contributed by atoms with Crippen LogP contribution < -0.4 is 11.1 Å². The molecule has 0 radical (unpaired) electrons. The third-order valence-electron chi connectivity index (χ3n) is 3.23. The lowest BCUT2D eigenvalue weighted by Gasteiger charge is -2.05. The van der Waals surface area contributed by atoms with Crippen molar-refractivity contribution in [3.63, 3.8) is 0 Å². The number of benzene rings is 2. The second-order valence-electron chi connectivity index (χ2n) is 5.03. The van der Waals surface area contributed by atoms with Crippen LogP contribution in [0.5, 0.6) is 0 Å². The maximum atomic E-state index is 13.5. The van der Waals surface area contributed by atoms with Crippen LogP contribution >= 0.6 is 0 Å². The van der Waals surface area contributed by atoms with Gasteiger partial charge in [-0.3, -0.25) is 10.1 Å². The van der Waals surface area contributed by atoms with Crippen LogP contribution in [0.4, 0.5) is 20.6 Å². The maximum absolute atomic E-state index is 13.5. The summed E-state index contributed by atoms with van der Waals surface area (Å²) in [6.45, 7) is 0.233. The number of amides is 1. The van der Waals surface area contributed by atoms with E-state index in [1.807, 2.05) is 30.3 Å². The number of ether oxygens (including phenoxy) is 1. The van der Waals surface area contributed by atoms with Crippen molar-refractivity contribution in [3.8, 4) is 0 Å². The van der Waals surface area contributed by atoms with Crippen molar-refractivity contribution in [1.29, 1.82) is 0 Å². The molecule has 2 rings (SSSR count). The number of hydrogen-bond acceptors (Lipinski definition) is 5. The number of nitrogens with zero attached hydrogens (tertiary/aromatic N) is 1. The zero-order valence-corrected chi connectivity index (χ0v) is 13.1. The van der Waals surface area contributed by atoms with Gasteiger partial charge >= 0.3 is 6.09 Å². The van der Waals surface area contributed by atoms with E-state index in [4.69, 9.17) is 10.5 Å². The Hall–Kier alpha value is -3.42. The molecule has 2 aromatic carbocycles. The van der Waals surface area contributed by atoms with Gasteiger partial charge in [0.15, 0.2) is 5.82 Å². The van der Waals surface area contributed by atoms with Gasteiger partial charge in [-0.05, 0) is 5.56 Å². The number of non-ortho nitro benzene ring substituents is 1. The van der Waals surface area contributed by atoms with E-state index in [0.29, 0.717) is 0 Å². The smallest absolute Gasteiger partial charge is 0.407 e. The summed E-state index contributed by atoms with van der Waals surface area (Å²) in [5, 5.41) is 13.2. The van der Waals surface area contributed by atoms with Gasteiger partial charge in [0.05, 0.1) is 16.7 Å². The monoisotopic (exact) mass is 345 g/mol. The molecule has 0 atom stereocenters. The van der Waals surface area contributed by atoms with E-state index in [1.54, 1.807) is 0 Å². The Kier molecular flexibility index (Phi) is 6.05. The molecule has 8 heteroatoms. The molecule has 0 saturated carbocycles. The average Bonchev–Trinajstić information content (AvgIpc) is 2.60. The van der Waals surface area contributed by atoms with Crippen molar-refractivity contribution in [2.45, 2.75) is 6.61 Å². The molecular weight excluding hydrogens is 329 g/mol. The number of nitrogens with two attached hydrogens (primary N) is 1. The van der Waals surface area contributed by atoms with E-state index in [1.165, 1.54) is 12.2 Å². The summed E-state index contributed by atoms with van der Waals surface area (Å²) in [6, 6.07) is 11.1. The van der Waals surface area contributed by atoms with Crippen molar-refractivity contribution in [2.75, 3.05) is 12.3 Å². The lowest BCUT2D eigenvalue weighted by atomic mass is 10.1. The summed E-state index contributed by atoms with van der Waals surface area (Å²) in [4.78, 5) is 21.6. The first-order valence-corrected chi connectivity index (χ1v) is 7.32. The van der Waals surface area contributed by atoms with Crippen LogP contribution in [0.25, 0.3) is 6.08 Å². The van der Waals surface area contributed by atoms with E-state index in [-0.39, 0.29) is 24.4 Å². The van der Waals surface area contributed by atoms with Crippen LogP contribution in [0.3, 0.4) is 0 Å². The third-order valence-corrected chi connectivity index (χ3v) is 3.23. The Morgan fingerprint density at radius 1 is 1.32 bits per heavy atom. The minimum absolute atomic E-state index is 0.0946. The first kappa shape index (κ1) is 17.9. The van der Waals surface area contributed by atoms with Gasteiger partial charge in [-0.15, -0.1) is 0 Å². The molecule has 0 aliphatic heterocycles. The Morgan fingerprint density at radius 2 is 2.04 bits per heavy atom. The van der Waals surface area contributed by atoms with Crippen LogP contribution in [0, 0.1) is 15.9 Å². The number of rotatable bonds is 6. The fourth-order valence-corrected chi connectivity index (χ4v) is 1.97. The highest BCUT2D eigenvalue weighted by Gasteiger charge is 2.13. The highest BCUT2D eigenvalue weighted by atomic mass is 19.1. The number of anilines is 1. The maximum Gasteiger partial charge on any atom is 0.407 e. The summed E-state index contributed by atoms with van der Waals surface area (Å²) in [5.41, 5.74) is 5.96. The van der Waals surface area contributed by atoms with E-state index in [2.05, 4.69) is 5.32 Å². The van der Waals surface area contributed by atoms with Crippen molar-refractivity contribution >= 4 is 23.5 Å². The van der Waals surface area contributed by atoms with E-state index >= 15 is 0 Å². The molecule has 0 heterocycles. The molecule has 0 unspecified atom stereocenters. The summed E-state index contributed by atoms with van der Waals surface area (Å²) < 4.78 is 18.6. The first-order valence-electron chi connectivity index (χ1n) is 7.32. The Bertz CT molecular complexity index is 794. The normalized spacial score (nSPS) is 10.6. The van der Waals surface area contributed by atoms with E-state index in [9.17, 15) is 19.3 Å². The lowest BCUT2D eigenvalue weighted by Crippen LogP contribution is -2.24. The number of halogens is 1. The van der Waals surface area contributed by atoms with E-state index < -0.39 is 22.5 Å². The first-order chi connectivity index (χ1) is 12.0. The second kappa shape index (κ2) is 8.44. The van der Waals surface area contributed by atoms with Crippen LogP contribution in [-0.2, 0) is 11.3 Å². The average molecular weight is 345 g/mol. The molecule has 1 amide bonds. The van der Waals surface area contributed by atoms with Gasteiger partial charge in [-0.1, -0.05) is 42.5 Å². The van der Waals surface area contributed by atoms with E-state index in [0.717, 1.165) is 17.7 Å². The second-order valence-corrected chi connectivity index (χ2v) is 5.03. The molecule has 0 aliphatic rings. The number of nitrogens with one attached hydrogen (secondary N) is 1. The molecule has 0 spiro atoms. The number of carbonyl (C=O) groups excluding carboxylic acids is 1. The zero-order valence-electron chi connectivity index (χ0n) is 13.1. The van der Waals surface area contributed by atoms with Crippen molar-refractivity contribution in [1.82, 2.24) is 5.32 Å². The molecule has 0 aliphatic carbocycles. The predicted octanol–water partition coefficient (Wildman–Crippen LogP) is 3.26. The molecule has 3 N–H and O–H groups in total. The number of carbonyl (C=O) groups is 1. The molecule has 0 aromatic heterocycles. The SMILES string of the molecule is Nc1c(F)cc([N+](=O)[O-])cc1C=CCNC(=O)OCc1ccccc1. The summed E-state index contributed by atoms with van der Waals surface area (Å²) >= 11 is 0. The predicted molar refractivity (Wildman–Crippen MR) is 91.1 cm³/mol. The fraction of sp³-hybridized carbons (Fsp3) is 0.118. The minimum Gasteiger partial charge on any atom is -0.445 e. The van der Waals surface area contributed by atoms with Crippen molar-refractivity contribution in [2.24, 2.45) is 0 Å². The minimum atomic E-state index is -0.871. The molecule has 130 valence electrons. The summed E-state index contributed by atoms with van der Waals surface area (Å²) in [5.74, 6) is -0.871. The third kappa shape index (κ3) is 5.31. The van der Waals surface area contributed by atoms with Crippen LogP contribution in [0.2, 0.25) is 0 Å². The van der Waals surface area contributed by atoms with Crippen LogP contribution in [0.15, 0.2) is 48.5 Å². The van der Waals surface area contributed by atoms with Crippen molar-refractivity contribution < 1.29 is 18.8 Å². The number of hydrogen-bond donors (Lipinski definition) is 2. The van der Waals surface area contributed by atoms with Gasteiger partial charge < -0.3 is 15.8 Å². The van der Waals surface area contributed by atoms with Gasteiger partial charge in [0.1, 0.15) is 6.61 Å². The highest BCUT2D eigenvalue weighted by Crippen LogP contribution is 2.24. The Balaban J connectivity index is 1.86. The largest absolute Gasteiger partial charge is 0.445 e. The number of alkyl carbamates (subject to hydrolysis) is 1. The highest BCUT2D eigenvalue weighted by molar-refractivity contribution is 5.70. The Morgan fingerprint density at radius 3 is 2.72 bits per heavy atom. The molecule has 25 heavy (non-hydrogen) atoms. The molecular formula is C17H16FN3O4. The summed E-state index contributed by atoms with van der Waals surface area (Å²) in [7, 11) is 0. The van der Waals surface area contributed by atoms with Crippen molar-refractivity contribution in [3.05, 3.63) is 75.6 Å². The molecule has 0 bridgehead atoms. The van der Waals surface area contributed by atoms with Gasteiger partial charge in [0.25, 0.3) is 5.69 Å². The topological polar surface area (TPSA) is 107 Å². The standard InChI is InChI=1S/C17H16FN3O4/c18-15-10-14(21(23)24)9-13(16(15)19)7-4-8-20-17(22)25-11-12-5-2-1-3-6-12/h1-7,9-10H,8,11,19H2,(H,20,22). The molecule has 2 aromatic rings. The quantitative estimate of drug-likeness (QED) is 0.475. The molecule has 0 fully saturated rings. The number of nitro benzene ring substituents is 1. The van der Waals surface area contributed by atoms with Gasteiger partial charge in [0, 0.05) is 18.2 Å². The van der Waals surface area contributed by atoms with Gasteiger partial charge in [-0.25, -0.2) is 9.18 Å². The zero-order chi connectivity index (χ0) is 18.2. The van der Waals surface area contributed by atoms with Crippen LogP contribution in [-0.4, -0.2) is 17.6 Å².